The van der Waals surface area contributed by atoms with Crippen molar-refractivity contribution >= 4 is 29.0 Å². The highest BCUT2D eigenvalue weighted by atomic mass is 19.4. The van der Waals surface area contributed by atoms with Crippen LogP contribution in [-0.2, 0) is 11.8 Å². The zero-order valence-corrected chi connectivity index (χ0v) is 15.4. The Labute approximate surface area is 166 Å². The number of aryl methyl sites for hydroxylation is 1. The van der Waals surface area contributed by atoms with Crippen LogP contribution in [0.15, 0.2) is 24.4 Å². The van der Waals surface area contributed by atoms with Gasteiger partial charge in [-0.3, -0.25) is 14.4 Å². The number of nitrogens with two attached hydrogens (primary N) is 1. The minimum atomic E-state index is -4.75. The minimum Gasteiger partial charge on any atom is -0.396 e. The molecule has 0 radical (unpaired) electrons. The summed E-state index contributed by atoms with van der Waals surface area (Å²) < 4.78 is 67.6. The standard InChI is InChI=1S/C18H15F5N4O3/c1-27-7-9(14(28)16(30)26-17(4-5-17)18(21,22)23)12(20)13(27)15(29)25-8-2-3-10(19)11(24)6-8/h2-3,6-7H,4-5,24H2,1H3,(H,25,29)(H,26,30). The van der Waals surface area contributed by atoms with Crippen molar-refractivity contribution in [1.29, 1.82) is 0 Å². The molecule has 0 saturated heterocycles. The quantitative estimate of drug-likeness (QED) is 0.293. The molecule has 1 heterocycles. The molecule has 7 nitrogen and oxygen atoms in total. The summed E-state index contributed by atoms with van der Waals surface area (Å²) in [5, 5.41) is 3.85. The molecule has 0 aliphatic heterocycles. The lowest BCUT2D eigenvalue weighted by atomic mass is 10.1. The first-order valence-electron chi connectivity index (χ1n) is 8.51. The van der Waals surface area contributed by atoms with Gasteiger partial charge in [0.25, 0.3) is 17.6 Å². The second-order valence-corrected chi connectivity index (χ2v) is 6.87. The topological polar surface area (TPSA) is 106 Å². The van der Waals surface area contributed by atoms with Crippen LogP contribution in [0.2, 0.25) is 0 Å². The largest absolute Gasteiger partial charge is 0.411 e. The Balaban J connectivity index is 1.81. The van der Waals surface area contributed by atoms with Gasteiger partial charge in [-0.1, -0.05) is 0 Å². The third kappa shape index (κ3) is 3.72. The number of nitrogen functional groups attached to an aromatic ring is 1. The van der Waals surface area contributed by atoms with Crippen molar-refractivity contribution in [3.63, 3.8) is 0 Å². The van der Waals surface area contributed by atoms with E-state index in [4.69, 9.17) is 5.73 Å². The van der Waals surface area contributed by atoms with Crippen molar-refractivity contribution in [2.75, 3.05) is 11.1 Å². The number of Topliss-reactive ketones (excluding diaryl/α,β-unsaturated/α-hetero) is 1. The van der Waals surface area contributed by atoms with E-state index in [1.807, 2.05) is 0 Å². The van der Waals surface area contributed by atoms with Crippen molar-refractivity contribution in [2.24, 2.45) is 7.05 Å². The Hall–Kier alpha value is -3.44. The van der Waals surface area contributed by atoms with Crippen molar-refractivity contribution in [3.05, 3.63) is 47.3 Å². The molecule has 30 heavy (non-hydrogen) atoms. The fraction of sp³-hybridized carbons (Fsp3) is 0.278. The molecule has 0 atom stereocenters. The summed E-state index contributed by atoms with van der Waals surface area (Å²) in [7, 11) is 1.20. The van der Waals surface area contributed by atoms with E-state index in [-0.39, 0.29) is 24.2 Å². The van der Waals surface area contributed by atoms with E-state index >= 15 is 0 Å². The molecule has 4 N–H and O–H groups in total. The van der Waals surface area contributed by atoms with Crippen LogP contribution in [0.3, 0.4) is 0 Å². The van der Waals surface area contributed by atoms with E-state index in [1.54, 1.807) is 5.32 Å². The number of hydrogen-bond acceptors (Lipinski definition) is 4. The van der Waals surface area contributed by atoms with Gasteiger partial charge in [0, 0.05) is 18.9 Å². The zero-order chi connectivity index (χ0) is 22.4. The third-order valence-electron chi connectivity index (χ3n) is 4.69. The molecular weight excluding hydrogens is 415 g/mol. The van der Waals surface area contributed by atoms with Crippen molar-refractivity contribution < 1.29 is 36.3 Å². The molecule has 1 fully saturated rings. The maximum atomic E-state index is 14.7. The Morgan fingerprint density at radius 1 is 1.17 bits per heavy atom. The van der Waals surface area contributed by atoms with Crippen LogP contribution >= 0.6 is 0 Å². The van der Waals surface area contributed by atoms with E-state index in [0.717, 1.165) is 29.0 Å². The lowest BCUT2D eigenvalue weighted by Gasteiger charge is -2.19. The first-order chi connectivity index (χ1) is 13.9. The third-order valence-corrected chi connectivity index (χ3v) is 4.69. The van der Waals surface area contributed by atoms with Crippen molar-refractivity contribution in [2.45, 2.75) is 24.6 Å². The summed E-state index contributed by atoms with van der Waals surface area (Å²) in [4.78, 5) is 36.5. The van der Waals surface area contributed by atoms with Crippen LogP contribution in [0.5, 0.6) is 0 Å². The molecule has 12 heteroatoms. The van der Waals surface area contributed by atoms with E-state index in [0.29, 0.717) is 0 Å². The molecule has 1 aliphatic rings. The normalized spacial score (nSPS) is 14.9. The van der Waals surface area contributed by atoms with Crippen LogP contribution in [0.25, 0.3) is 0 Å². The molecule has 1 aromatic carbocycles. The number of nitrogens with zero attached hydrogens (tertiary/aromatic N) is 1. The van der Waals surface area contributed by atoms with Crippen LogP contribution in [-0.4, -0.2) is 33.9 Å². The number of halogens is 5. The maximum Gasteiger partial charge on any atom is 0.411 e. The smallest absolute Gasteiger partial charge is 0.396 e. The second kappa shape index (κ2) is 7.11. The van der Waals surface area contributed by atoms with Gasteiger partial charge in [0.15, 0.2) is 5.82 Å². The molecule has 2 amide bonds. The highest BCUT2D eigenvalue weighted by molar-refractivity contribution is 6.43. The van der Waals surface area contributed by atoms with Gasteiger partial charge in [0.05, 0.1) is 11.3 Å². The van der Waals surface area contributed by atoms with Gasteiger partial charge in [-0.25, -0.2) is 8.78 Å². The summed E-state index contributed by atoms with van der Waals surface area (Å²) in [5.41, 5.74) is 1.13. The average Bonchev–Trinajstić information content (AvgIpc) is 3.36. The fourth-order valence-electron chi connectivity index (χ4n) is 2.83. The van der Waals surface area contributed by atoms with E-state index < -0.39 is 52.2 Å². The molecule has 0 bridgehead atoms. The minimum absolute atomic E-state index is 0.0333. The molecule has 1 saturated carbocycles. The van der Waals surface area contributed by atoms with Gasteiger partial charge in [0.1, 0.15) is 17.1 Å². The molecule has 160 valence electrons. The Kier molecular flexibility index (Phi) is 5.04. The number of benzene rings is 1. The summed E-state index contributed by atoms with van der Waals surface area (Å²) in [5.74, 6) is -6.35. The lowest BCUT2D eigenvalue weighted by molar-refractivity contribution is -0.169. The van der Waals surface area contributed by atoms with E-state index in [2.05, 4.69) is 5.32 Å². The monoisotopic (exact) mass is 430 g/mol. The molecule has 1 aliphatic carbocycles. The molecule has 0 spiro atoms. The summed E-state index contributed by atoms with van der Waals surface area (Å²) in [6.07, 6.45) is -4.71. The Bertz CT molecular complexity index is 1060. The molecular formula is C18H15F5N4O3. The first kappa shape index (κ1) is 21.3. The SMILES string of the molecule is Cn1cc(C(=O)C(=O)NC2(C(F)(F)F)CC2)c(F)c1C(=O)Nc1ccc(F)c(N)c1. The highest BCUT2D eigenvalue weighted by Crippen LogP contribution is 2.48. The van der Waals surface area contributed by atoms with Gasteiger partial charge in [-0.05, 0) is 31.0 Å². The van der Waals surface area contributed by atoms with Crippen molar-refractivity contribution in [3.8, 4) is 0 Å². The zero-order valence-electron chi connectivity index (χ0n) is 15.4. The van der Waals surface area contributed by atoms with E-state index in [9.17, 15) is 36.3 Å². The predicted molar refractivity (Wildman–Crippen MR) is 94.6 cm³/mol. The molecule has 2 aromatic rings. The number of carbonyl (C=O) groups excluding carboxylic acids is 3. The highest BCUT2D eigenvalue weighted by Gasteiger charge is 2.64. The van der Waals surface area contributed by atoms with Gasteiger partial charge >= 0.3 is 6.18 Å². The number of alkyl halides is 3. The van der Waals surface area contributed by atoms with Crippen LogP contribution in [0.4, 0.5) is 33.3 Å². The molecule has 3 rings (SSSR count). The fourth-order valence-corrected chi connectivity index (χ4v) is 2.83. The number of amides is 2. The molecule has 0 unspecified atom stereocenters. The number of carbonyl (C=O) groups is 3. The average molecular weight is 430 g/mol. The Morgan fingerprint density at radius 3 is 2.33 bits per heavy atom. The lowest BCUT2D eigenvalue weighted by Crippen LogP contribution is -2.50. The predicted octanol–water partition coefficient (Wildman–Crippen LogP) is 2.53. The number of hydrogen-bond donors (Lipinski definition) is 3. The Morgan fingerprint density at radius 2 is 1.80 bits per heavy atom. The first-order valence-corrected chi connectivity index (χ1v) is 8.51. The van der Waals surface area contributed by atoms with Gasteiger partial charge < -0.3 is 20.9 Å². The van der Waals surface area contributed by atoms with Crippen LogP contribution < -0.4 is 16.4 Å². The van der Waals surface area contributed by atoms with Crippen LogP contribution in [0.1, 0.15) is 33.7 Å². The van der Waals surface area contributed by atoms with Crippen LogP contribution in [0, 0.1) is 11.6 Å². The number of anilines is 2. The molecule has 1 aromatic heterocycles. The van der Waals surface area contributed by atoms with Gasteiger partial charge in [0.2, 0.25) is 0 Å². The number of nitrogens with one attached hydrogen (secondary N) is 2. The van der Waals surface area contributed by atoms with Crippen molar-refractivity contribution in [1.82, 2.24) is 9.88 Å². The number of rotatable bonds is 5. The summed E-state index contributed by atoms with van der Waals surface area (Å²) >= 11 is 0. The summed E-state index contributed by atoms with van der Waals surface area (Å²) in [6, 6.07) is 3.22. The number of ketones is 1. The second-order valence-electron chi connectivity index (χ2n) is 6.87. The number of aromatic nitrogens is 1. The van der Waals surface area contributed by atoms with Gasteiger partial charge in [-0.15, -0.1) is 0 Å². The summed E-state index contributed by atoms with van der Waals surface area (Å²) in [6.45, 7) is 0. The van der Waals surface area contributed by atoms with Gasteiger partial charge in [-0.2, -0.15) is 13.2 Å². The maximum absolute atomic E-state index is 14.7. The van der Waals surface area contributed by atoms with E-state index in [1.165, 1.54) is 7.05 Å².